The highest BCUT2D eigenvalue weighted by Gasteiger charge is 2.49. The van der Waals surface area contributed by atoms with Gasteiger partial charge >= 0.3 is 0 Å². The molecule has 2 aliphatic rings. The summed E-state index contributed by atoms with van der Waals surface area (Å²) in [5, 5.41) is 22.2. The number of rotatable bonds is 4. The molecule has 29 heavy (non-hydrogen) atoms. The predicted molar refractivity (Wildman–Crippen MR) is 112 cm³/mol. The molecule has 2 aromatic rings. The van der Waals surface area contributed by atoms with Gasteiger partial charge in [-0.2, -0.15) is 0 Å². The lowest BCUT2D eigenvalue weighted by molar-refractivity contribution is -0.113. The largest absolute Gasteiger partial charge is 0.387 e. The predicted octanol–water partition coefficient (Wildman–Crippen LogP) is 2.85. The molecule has 2 aliphatic heterocycles. The fourth-order valence-corrected chi connectivity index (χ4v) is 4.30. The molecule has 3 heterocycles. The van der Waals surface area contributed by atoms with E-state index in [-0.39, 0.29) is 0 Å². The van der Waals surface area contributed by atoms with E-state index < -0.39 is 30.6 Å². The first-order chi connectivity index (χ1) is 14.0. The number of aliphatic imine (C=N–C) groups is 2. The van der Waals surface area contributed by atoms with Gasteiger partial charge in [-0.15, -0.1) is 0 Å². The van der Waals surface area contributed by atoms with Crippen LogP contribution in [0.4, 0.5) is 5.82 Å². The van der Waals surface area contributed by atoms with Crippen LogP contribution in [0.2, 0.25) is 5.02 Å². The van der Waals surface area contributed by atoms with Crippen LogP contribution in [0.1, 0.15) is 35.9 Å². The van der Waals surface area contributed by atoms with Gasteiger partial charge in [-0.25, -0.2) is 4.99 Å². The minimum Gasteiger partial charge on any atom is -0.387 e. The number of ether oxygens (including phenoxy) is 2. The van der Waals surface area contributed by atoms with Gasteiger partial charge in [0.1, 0.15) is 30.2 Å². The van der Waals surface area contributed by atoms with E-state index >= 15 is 0 Å². The molecule has 154 valence electrons. The number of aliphatic hydroxyl groups is 2. The topological polar surface area (TPSA) is 88.6 Å². The standard InChI is InChI=1S/C21H24ClN3O4/c1-11(23-2)14-6-8-25(20(14)24-3)21-17(27)16(26)19(29-21)18-15-5-4-13(22)10-12(15)7-9-28-18/h4-6,8,10,16-19,21,26-27H,3,7,9H2,1-2H3/t16-,17+,18+,19-,21+/m0/s1. The number of aliphatic hydroxyl groups excluding tert-OH is 2. The van der Waals surface area contributed by atoms with Crippen molar-refractivity contribution in [3.8, 4) is 0 Å². The fraction of sp³-hybridized carbons (Fsp3) is 0.429. The van der Waals surface area contributed by atoms with Crippen LogP contribution in [0, 0.1) is 0 Å². The monoisotopic (exact) mass is 417 g/mol. The average Bonchev–Trinajstić information content (AvgIpc) is 3.28. The Morgan fingerprint density at radius 1 is 1.28 bits per heavy atom. The highest BCUT2D eigenvalue weighted by molar-refractivity contribution is 6.30. The summed E-state index contributed by atoms with van der Waals surface area (Å²) in [6.45, 7) is 6.00. The minimum atomic E-state index is -1.15. The normalized spacial score (nSPS) is 29.7. The number of hydrogen-bond acceptors (Lipinski definition) is 6. The van der Waals surface area contributed by atoms with Gasteiger partial charge in [-0.3, -0.25) is 4.99 Å². The van der Waals surface area contributed by atoms with Gasteiger partial charge in [0.15, 0.2) is 6.23 Å². The van der Waals surface area contributed by atoms with Crippen LogP contribution >= 0.6 is 11.6 Å². The lowest BCUT2D eigenvalue weighted by Crippen LogP contribution is -2.37. The summed E-state index contributed by atoms with van der Waals surface area (Å²) in [4.78, 5) is 8.29. The maximum Gasteiger partial charge on any atom is 0.164 e. The van der Waals surface area contributed by atoms with Crippen LogP contribution in [0.5, 0.6) is 0 Å². The Hall–Kier alpha value is -2.03. The van der Waals surface area contributed by atoms with E-state index in [1.165, 1.54) is 0 Å². The van der Waals surface area contributed by atoms with Crippen LogP contribution in [0.25, 0.3) is 0 Å². The van der Waals surface area contributed by atoms with Crippen molar-refractivity contribution in [1.82, 2.24) is 4.57 Å². The maximum atomic E-state index is 10.8. The second kappa shape index (κ2) is 8.01. The van der Waals surface area contributed by atoms with Crippen molar-refractivity contribution >= 4 is 29.8 Å². The van der Waals surface area contributed by atoms with Crippen LogP contribution in [-0.4, -0.2) is 59.2 Å². The molecule has 5 atom stereocenters. The quantitative estimate of drug-likeness (QED) is 0.748. The van der Waals surface area contributed by atoms with Crippen molar-refractivity contribution < 1.29 is 19.7 Å². The molecule has 0 amide bonds. The van der Waals surface area contributed by atoms with E-state index in [0.717, 1.165) is 28.8 Å². The summed E-state index contributed by atoms with van der Waals surface area (Å²) in [5.74, 6) is 0.529. The zero-order valence-corrected chi connectivity index (χ0v) is 17.1. The Morgan fingerprint density at radius 3 is 2.79 bits per heavy atom. The lowest BCUT2D eigenvalue weighted by atomic mass is 9.92. The SMILES string of the molecule is C=Nc1c(C(C)=NC)ccn1[C@@H]1O[C@H]([C@@H]2OCCc3cc(Cl)ccc32)[C@@H](O)[C@H]1O. The summed E-state index contributed by atoms with van der Waals surface area (Å²) >= 11 is 6.12. The zero-order chi connectivity index (χ0) is 20.7. The zero-order valence-electron chi connectivity index (χ0n) is 16.3. The van der Waals surface area contributed by atoms with Gasteiger partial charge < -0.3 is 24.3 Å². The van der Waals surface area contributed by atoms with E-state index in [4.69, 9.17) is 21.1 Å². The molecule has 1 aromatic heterocycles. The molecule has 0 radical (unpaired) electrons. The summed E-state index contributed by atoms with van der Waals surface area (Å²) in [6, 6.07) is 7.44. The van der Waals surface area contributed by atoms with Gasteiger partial charge in [0.25, 0.3) is 0 Å². The highest BCUT2D eigenvalue weighted by Crippen LogP contribution is 2.42. The molecule has 0 saturated carbocycles. The fourth-order valence-electron chi connectivity index (χ4n) is 4.11. The molecule has 1 saturated heterocycles. The first kappa shape index (κ1) is 20.3. The number of halogens is 1. The number of fused-ring (bicyclic) bond motifs is 1. The molecule has 0 aliphatic carbocycles. The lowest BCUT2D eigenvalue weighted by Gasteiger charge is -2.31. The van der Waals surface area contributed by atoms with Gasteiger partial charge in [-0.05, 0) is 49.4 Å². The van der Waals surface area contributed by atoms with E-state index in [2.05, 4.69) is 16.7 Å². The van der Waals surface area contributed by atoms with Gasteiger partial charge in [0.05, 0.1) is 6.61 Å². The number of benzene rings is 1. The van der Waals surface area contributed by atoms with E-state index in [1.807, 2.05) is 25.1 Å². The third-order valence-electron chi connectivity index (χ3n) is 5.69. The van der Waals surface area contributed by atoms with Crippen molar-refractivity contribution in [2.24, 2.45) is 9.98 Å². The van der Waals surface area contributed by atoms with Crippen molar-refractivity contribution in [3.63, 3.8) is 0 Å². The van der Waals surface area contributed by atoms with Crippen LogP contribution in [0.15, 0.2) is 40.4 Å². The smallest absolute Gasteiger partial charge is 0.164 e. The Bertz CT molecular complexity index is 957. The average molecular weight is 418 g/mol. The number of hydrogen-bond donors (Lipinski definition) is 2. The van der Waals surface area contributed by atoms with Crippen molar-refractivity contribution in [2.75, 3.05) is 13.7 Å². The van der Waals surface area contributed by atoms with Gasteiger partial charge in [0.2, 0.25) is 0 Å². The molecule has 2 N–H and O–H groups in total. The Kier molecular flexibility index (Phi) is 5.59. The van der Waals surface area contributed by atoms with Gasteiger partial charge in [-0.1, -0.05) is 17.7 Å². The van der Waals surface area contributed by atoms with Crippen molar-refractivity contribution in [3.05, 3.63) is 52.2 Å². The molecule has 1 aromatic carbocycles. The number of nitrogens with zero attached hydrogens (tertiary/aromatic N) is 3. The summed E-state index contributed by atoms with van der Waals surface area (Å²) < 4.78 is 13.8. The third-order valence-corrected chi connectivity index (χ3v) is 5.93. The van der Waals surface area contributed by atoms with Crippen LogP contribution in [0.3, 0.4) is 0 Å². The molecule has 8 heteroatoms. The molecule has 7 nitrogen and oxygen atoms in total. The summed E-state index contributed by atoms with van der Waals surface area (Å²) in [6.07, 6.45) is -1.85. The molecule has 0 unspecified atom stereocenters. The first-order valence-electron chi connectivity index (χ1n) is 9.49. The van der Waals surface area contributed by atoms with E-state index in [0.29, 0.717) is 17.4 Å². The molecule has 4 rings (SSSR count). The second-order valence-electron chi connectivity index (χ2n) is 7.28. The van der Waals surface area contributed by atoms with Crippen LogP contribution < -0.4 is 0 Å². The molecule has 0 bridgehead atoms. The van der Waals surface area contributed by atoms with Crippen molar-refractivity contribution in [2.45, 2.75) is 44.0 Å². The van der Waals surface area contributed by atoms with E-state index in [9.17, 15) is 10.2 Å². The summed E-state index contributed by atoms with van der Waals surface area (Å²) in [5.41, 5.74) is 3.57. The highest BCUT2D eigenvalue weighted by atomic mass is 35.5. The molecular weight excluding hydrogens is 394 g/mol. The first-order valence-corrected chi connectivity index (χ1v) is 9.87. The Labute approximate surface area is 174 Å². The summed E-state index contributed by atoms with van der Waals surface area (Å²) in [7, 11) is 1.70. The maximum absolute atomic E-state index is 10.8. The molecular formula is C21H24ClN3O4. The Balaban J connectivity index is 1.67. The number of aromatic nitrogens is 1. The molecule has 1 fully saturated rings. The third kappa shape index (κ3) is 3.43. The second-order valence-corrected chi connectivity index (χ2v) is 7.72. The van der Waals surface area contributed by atoms with Crippen molar-refractivity contribution in [1.29, 1.82) is 0 Å². The van der Waals surface area contributed by atoms with Crippen LogP contribution in [-0.2, 0) is 15.9 Å². The minimum absolute atomic E-state index is 0.491. The Morgan fingerprint density at radius 2 is 2.07 bits per heavy atom. The molecule has 0 spiro atoms. The van der Waals surface area contributed by atoms with E-state index in [1.54, 1.807) is 23.9 Å². The van der Waals surface area contributed by atoms with Gasteiger partial charge in [0, 0.05) is 29.5 Å².